The highest BCUT2D eigenvalue weighted by molar-refractivity contribution is 5.77. The van der Waals surface area contributed by atoms with Crippen molar-refractivity contribution >= 4 is 11.6 Å². The normalized spacial score (nSPS) is 14.2. The van der Waals surface area contributed by atoms with E-state index in [0.29, 0.717) is 12.5 Å². The van der Waals surface area contributed by atoms with Crippen molar-refractivity contribution in [2.75, 3.05) is 24.5 Å². The number of nitrogens with zero attached hydrogens (tertiary/aromatic N) is 2. The van der Waals surface area contributed by atoms with E-state index in [1.54, 1.807) is 0 Å². The zero-order chi connectivity index (χ0) is 16.6. The van der Waals surface area contributed by atoms with Gasteiger partial charge in [0.05, 0.1) is 6.54 Å². The highest BCUT2D eigenvalue weighted by Crippen LogP contribution is 2.18. The molecule has 4 heteroatoms. The van der Waals surface area contributed by atoms with Crippen molar-refractivity contribution in [1.82, 2.24) is 5.32 Å². The van der Waals surface area contributed by atoms with Gasteiger partial charge in [0.1, 0.15) is 0 Å². The van der Waals surface area contributed by atoms with Crippen molar-refractivity contribution in [3.05, 3.63) is 77.9 Å². The van der Waals surface area contributed by atoms with Crippen LogP contribution in [0.3, 0.4) is 0 Å². The molecule has 2 aromatic carbocycles. The Hall–Kier alpha value is -2.75. The fourth-order valence-electron chi connectivity index (χ4n) is 2.75. The third kappa shape index (κ3) is 4.62. The monoisotopic (exact) mass is 320 g/mol. The minimum absolute atomic E-state index is 0.499. The van der Waals surface area contributed by atoms with E-state index >= 15 is 0 Å². The van der Waals surface area contributed by atoms with E-state index in [1.807, 2.05) is 6.07 Å². The number of hydrogen-bond donors (Lipinski definition) is 2. The van der Waals surface area contributed by atoms with Gasteiger partial charge in [0.2, 0.25) is 0 Å². The summed E-state index contributed by atoms with van der Waals surface area (Å²) in [6.45, 7) is 3.35. The Balaban J connectivity index is 1.48. The minimum atomic E-state index is 0.499. The maximum Gasteiger partial charge on any atom is 0.188 e. The molecule has 0 atom stereocenters. The van der Waals surface area contributed by atoms with Crippen LogP contribution in [-0.2, 0) is 13.0 Å². The lowest BCUT2D eigenvalue weighted by Gasteiger charge is -2.18. The second kappa shape index (κ2) is 8.20. The lowest BCUT2D eigenvalue weighted by Crippen LogP contribution is -2.33. The Bertz CT molecular complexity index is 699. The lowest BCUT2D eigenvalue weighted by atomic mass is 10.1. The number of anilines is 1. The summed E-state index contributed by atoms with van der Waals surface area (Å²) in [5.74, 6) is 0.499. The average molecular weight is 320 g/mol. The standard InChI is InChI=1S/C20H24N4/c21-20(22-12-11-17-7-2-1-3-8-17)23-16-18-9-6-10-19(15-18)24-13-4-5-14-24/h1-10,15H,11-14,16H2,(H3,21,22,23). The topological polar surface area (TPSA) is 53.6 Å². The van der Waals surface area contributed by atoms with E-state index in [1.165, 1.54) is 16.8 Å². The van der Waals surface area contributed by atoms with Gasteiger partial charge in [-0.1, -0.05) is 54.6 Å². The number of rotatable bonds is 6. The molecule has 3 N–H and O–H groups in total. The van der Waals surface area contributed by atoms with E-state index in [2.05, 4.69) is 75.9 Å². The maximum atomic E-state index is 5.96. The Morgan fingerprint density at radius 3 is 2.54 bits per heavy atom. The van der Waals surface area contributed by atoms with Crippen molar-refractivity contribution < 1.29 is 0 Å². The number of aliphatic imine (C=N–C) groups is 1. The summed E-state index contributed by atoms with van der Waals surface area (Å²) < 4.78 is 0. The Kier molecular flexibility index (Phi) is 5.51. The third-order valence-electron chi connectivity index (χ3n) is 4.09. The van der Waals surface area contributed by atoms with Gasteiger partial charge in [0, 0.05) is 25.3 Å². The molecule has 3 rings (SSSR count). The van der Waals surface area contributed by atoms with Crippen molar-refractivity contribution in [1.29, 1.82) is 0 Å². The highest BCUT2D eigenvalue weighted by atomic mass is 15.1. The van der Waals surface area contributed by atoms with E-state index in [4.69, 9.17) is 5.73 Å². The highest BCUT2D eigenvalue weighted by Gasteiger charge is 2.07. The summed E-state index contributed by atoms with van der Waals surface area (Å²) in [4.78, 5) is 6.77. The van der Waals surface area contributed by atoms with Gasteiger partial charge in [-0.15, -0.1) is 0 Å². The van der Waals surface area contributed by atoms with Crippen LogP contribution in [0, 0.1) is 0 Å². The Morgan fingerprint density at radius 1 is 1.00 bits per heavy atom. The molecule has 0 amide bonds. The molecule has 0 saturated heterocycles. The number of nitrogens with two attached hydrogens (primary N) is 1. The quantitative estimate of drug-likeness (QED) is 0.489. The second-order valence-corrected chi connectivity index (χ2v) is 5.91. The molecule has 0 saturated carbocycles. The van der Waals surface area contributed by atoms with Crippen LogP contribution in [0.25, 0.3) is 0 Å². The molecule has 0 spiro atoms. The van der Waals surface area contributed by atoms with Gasteiger partial charge in [-0.05, 0) is 29.7 Å². The predicted octanol–water partition coefficient (Wildman–Crippen LogP) is 2.71. The number of nitrogens with one attached hydrogen (secondary N) is 1. The zero-order valence-electron chi connectivity index (χ0n) is 13.9. The molecule has 1 heterocycles. The van der Waals surface area contributed by atoms with Crippen LogP contribution < -0.4 is 16.0 Å². The minimum Gasteiger partial charge on any atom is -0.370 e. The van der Waals surface area contributed by atoms with E-state index in [-0.39, 0.29) is 0 Å². The lowest BCUT2D eigenvalue weighted by molar-refractivity contribution is 0.848. The molecule has 4 nitrogen and oxygen atoms in total. The van der Waals surface area contributed by atoms with Crippen LogP contribution >= 0.6 is 0 Å². The van der Waals surface area contributed by atoms with Gasteiger partial charge in [-0.2, -0.15) is 0 Å². The van der Waals surface area contributed by atoms with Gasteiger partial charge >= 0.3 is 0 Å². The van der Waals surface area contributed by atoms with E-state index in [0.717, 1.165) is 26.1 Å². The van der Waals surface area contributed by atoms with Crippen LogP contribution in [0.1, 0.15) is 11.1 Å². The molecular formula is C20H24N4. The number of hydrogen-bond acceptors (Lipinski definition) is 2. The second-order valence-electron chi connectivity index (χ2n) is 5.91. The van der Waals surface area contributed by atoms with E-state index in [9.17, 15) is 0 Å². The first kappa shape index (κ1) is 16.1. The molecule has 2 aromatic rings. The maximum absolute atomic E-state index is 5.96. The molecule has 24 heavy (non-hydrogen) atoms. The first-order valence-corrected chi connectivity index (χ1v) is 8.38. The summed E-state index contributed by atoms with van der Waals surface area (Å²) in [7, 11) is 0. The molecule has 124 valence electrons. The van der Waals surface area contributed by atoms with Gasteiger partial charge in [0.25, 0.3) is 0 Å². The summed E-state index contributed by atoms with van der Waals surface area (Å²) in [5.41, 5.74) is 9.67. The number of guanidine groups is 1. The molecule has 0 bridgehead atoms. The fraction of sp³-hybridized carbons (Fsp3) is 0.250. The molecule has 0 radical (unpaired) electrons. The fourth-order valence-corrected chi connectivity index (χ4v) is 2.75. The molecule has 1 aliphatic heterocycles. The smallest absolute Gasteiger partial charge is 0.188 e. The third-order valence-corrected chi connectivity index (χ3v) is 4.09. The van der Waals surface area contributed by atoms with Crippen molar-refractivity contribution in [3.8, 4) is 0 Å². The Labute approximate surface area is 143 Å². The van der Waals surface area contributed by atoms with Crippen molar-refractivity contribution in [2.24, 2.45) is 10.7 Å². The molecule has 0 fully saturated rings. The van der Waals surface area contributed by atoms with Crippen LogP contribution in [0.4, 0.5) is 5.69 Å². The SMILES string of the molecule is NC(=NCc1cccc(N2CC=CC2)c1)NCCc1ccccc1. The molecule has 1 aliphatic rings. The molecule has 0 aliphatic carbocycles. The first-order valence-electron chi connectivity index (χ1n) is 8.38. The average Bonchev–Trinajstić information content (AvgIpc) is 3.16. The summed E-state index contributed by atoms with van der Waals surface area (Å²) >= 11 is 0. The summed E-state index contributed by atoms with van der Waals surface area (Å²) in [5, 5.41) is 3.18. The van der Waals surface area contributed by atoms with Crippen molar-refractivity contribution in [3.63, 3.8) is 0 Å². The van der Waals surface area contributed by atoms with Crippen LogP contribution in [0.5, 0.6) is 0 Å². The van der Waals surface area contributed by atoms with Crippen LogP contribution in [0.15, 0.2) is 71.7 Å². The van der Waals surface area contributed by atoms with Gasteiger partial charge < -0.3 is 16.0 Å². The van der Waals surface area contributed by atoms with Gasteiger partial charge in [-0.3, -0.25) is 0 Å². The molecule has 0 unspecified atom stereocenters. The number of benzene rings is 2. The molecule has 0 aromatic heterocycles. The van der Waals surface area contributed by atoms with E-state index < -0.39 is 0 Å². The Morgan fingerprint density at radius 2 is 1.75 bits per heavy atom. The summed E-state index contributed by atoms with van der Waals surface area (Å²) in [6.07, 6.45) is 5.33. The first-order chi connectivity index (χ1) is 11.8. The largest absolute Gasteiger partial charge is 0.370 e. The zero-order valence-corrected chi connectivity index (χ0v) is 13.9. The van der Waals surface area contributed by atoms with Crippen LogP contribution in [0.2, 0.25) is 0 Å². The van der Waals surface area contributed by atoms with Gasteiger partial charge in [-0.25, -0.2) is 4.99 Å². The van der Waals surface area contributed by atoms with Crippen LogP contribution in [-0.4, -0.2) is 25.6 Å². The predicted molar refractivity (Wildman–Crippen MR) is 101 cm³/mol. The summed E-state index contributed by atoms with van der Waals surface area (Å²) in [6, 6.07) is 18.9. The van der Waals surface area contributed by atoms with Gasteiger partial charge in [0.15, 0.2) is 5.96 Å². The van der Waals surface area contributed by atoms with Crippen molar-refractivity contribution in [2.45, 2.75) is 13.0 Å². The molecular weight excluding hydrogens is 296 g/mol.